The normalized spacial score (nSPS) is 10.6. The third-order valence-corrected chi connectivity index (χ3v) is 3.84. The first-order chi connectivity index (χ1) is 8.70. The number of hydrogen-bond acceptors (Lipinski definition) is 4. The molecule has 0 radical (unpaired) electrons. The van der Waals surface area contributed by atoms with Crippen molar-refractivity contribution in [2.75, 3.05) is 25.6 Å². The summed E-state index contributed by atoms with van der Waals surface area (Å²) in [4.78, 5) is 4.47. The van der Waals surface area contributed by atoms with Gasteiger partial charge < -0.3 is 10.1 Å². The summed E-state index contributed by atoms with van der Waals surface area (Å²) in [5.74, 6) is 0. The lowest BCUT2D eigenvalue weighted by atomic mass is 10.2. The van der Waals surface area contributed by atoms with Crippen LogP contribution in [0.3, 0.4) is 0 Å². The van der Waals surface area contributed by atoms with Crippen molar-refractivity contribution in [2.24, 2.45) is 0 Å². The summed E-state index contributed by atoms with van der Waals surface area (Å²) in [7, 11) is 1.67. The third-order valence-electron chi connectivity index (χ3n) is 2.30. The monoisotopic (exact) mass is 302 g/mol. The van der Waals surface area contributed by atoms with E-state index in [2.05, 4.69) is 10.3 Å². The van der Waals surface area contributed by atoms with Gasteiger partial charge in [-0.25, -0.2) is 4.98 Å². The fraction of sp³-hybridized carbons (Fsp3) is 0.250. The Labute approximate surface area is 120 Å². The van der Waals surface area contributed by atoms with Gasteiger partial charge in [-0.1, -0.05) is 29.3 Å². The van der Waals surface area contributed by atoms with E-state index in [1.165, 1.54) is 0 Å². The van der Waals surface area contributed by atoms with Crippen LogP contribution in [0.4, 0.5) is 5.13 Å². The van der Waals surface area contributed by atoms with Gasteiger partial charge in [-0.15, -0.1) is 11.3 Å². The zero-order valence-electron chi connectivity index (χ0n) is 9.74. The number of ether oxygens (including phenoxy) is 1. The fourth-order valence-corrected chi connectivity index (χ4v) is 2.45. The molecular weight excluding hydrogens is 291 g/mol. The lowest BCUT2D eigenvalue weighted by molar-refractivity contribution is 0.211. The van der Waals surface area contributed by atoms with Gasteiger partial charge in [-0.05, 0) is 12.1 Å². The first-order valence-corrected chi connectivity index (χ1v) is 6.98. The first-order valence-electron chi connectivity index (χ1n) is 5.34. The van der Waals surface area contributed by atoms with Gasteiger partial charge in [-0.2, -0.15) is 0 Å². The number of methoxy groups -OCH3 is 1. The van der Waals surface area contributed by atoms with Gasteiger partial charge in [0.1, 0.15) is 0 Å². The van der Waals surface area contributed by atoms with E-state index in [9.17, 15) is 0 Å². The number of halogens is 2. The molecule has 0 aliphatic carbocycles. The molecule has 3 nitrogen and oxygen atoms in total. The lowest BCUT2D eigenvalue weighted by Gasteiger charge is -2.01. The Balaban J connectivity index is 2.11. The molecule has 18 heavy (non-hydrogen) atoms. The van der Waals surface area contributed by atoms with Gasteiger partial charge in [0, 0.05) is 24.6 Å². The van der Waals surface area contributed by atoms with Crippen molar-refractivity contribution >= 4 is 39.7 Å². The maximum atomic E-state index is 5.98. The van der Waals surface area contributed by atoms with Crippen LogP contribution >= 0.6 is 34.5 Å². The number of benzene rings is 1. The molecule has 2 aromatic rings. The Morgan fingerprint density at radius 3 is 2.89 bits per heavy atom. The van der Waals surface area contributed by atoms with E-state index in [0.29, 0.717) is 16.7 Å². The van der Waals surface area contributed by atoms with Crippen LogP contribution in [0.1, 0.15) is 0 Å². The molecule has 0 atom stereocenters. The molecule has 0 bridgehead atoms. The summed E-state index contributed by atoms with van der Waals surface area (Å²) in [6.07, 6.45) is 0. The smallest absolute Gasteiger partial charge is 0.183 e. The molecule has 0 amide bonds. The highest BCUT2D eigenvalue weighted by atomic mass is 35.5. The molecule has 1 heterocycles. The maximum absolute atomic E-state index is 5.98. The van der Waals surface area contributed by atoms with Crippen molar-refractivity contribution < 1.29 is 4.74 Å². The van der Waals surface area contributed by atoms with Gasteiger partial charge in [0.25, 0.3) is 0 Å². The van der Waals surface area contributed by atoms with Crippen LogP contribution in [-0.2, 0) is 4.74 Å². The van der Waals surface area contributed by atoms with Crippen LogP contribution in [0.2, 0.25) is 10.0 Å². The molecule has 2 rings (SSSR count). The molecule has 0 unspecified atom stereocenters. The molecular formula is C12H12Cl2N2OS. The molecule has 0 aliphatic heterocycles. The van der Waals surface area contributed by atoms with E-state index >= 15 is 0 Å². The number of aromatic nitrogens is 1. The van der Waals surface area contributed by atoms with Gasteiger partial charge in [-0.3, -0.25) is 0 Å². The van der Waals surface area contributed by atoms with E-state index in [1.807, 2.05) is 17.5 Å². The molecule has 96 valence electrons. The topological polar surface area (TPSA) is 34.1 Å². The van der Waals surface area contributed by atoms with Gasteiger partial charge in [0.2, 0.25) is 0 Å². The highest BCUT2D eigenvalue weighted by molar-refractivity contribution is 7.14. The number of hydrogen-bond donors (Lipinski definition) is 1. The van der Waals surface area contributed by atoms with Crippen molar-refractivity contribution in [3.05, 3.63) is 33.6 Å². The Hall–Kier alpha value is -0.810. The average molecular weight is 303 g/mol. The predicted octanol–water partition coefficient (Wildman–Crippen LogP) is 4.18. The average Bonchev–Trinajstić information content (AvgIpc) is 2.82. The quantitative estimate of drug-likeness (QED) is 0.842. The van der Waals surface area contributed by atoms with Crippen molar-refractivity contribution in [1.29, 1.82) is 0 Å². The first kappa shape index (κ1) is 13.6. The zero-order valence-corrected chi connectivity index (χ0v) is 12.1. The van der Waals surface area contributed by atoms with E-state index < -0.39 is 0 Å². The summed E-state index contributed by atoms with van der Waals surface area (Å²) in [5, 5.41) is 7.12. The Bertz CT molecular complexity index is 531. The highest BCUT2D eigenvalue weighted by Gasteiger charge is 2.06. The van der Waals surface area contributed by atoms with Crippen molar-refractivity contribution in [3.63, 3.8) is 0 Å². The minimum Gasteiger partial charge on any atom is -0.383 e. The second-order valence-corrected chi connectivity index (χ2v) is 5.26. The number of nitrogens with zero attached hydrogens (tertiary/aromatic N) is 1. The summed E-state index contributed by atoms with van der Waals surface area (Å²) < 4.78 is 4.97. The molecule has 0 saturated heterocycles. The van der Waals surface area contributed by atoms with E-state index in [-0.39, 0.29) is 0 Å². The third kappa shape index (κ3) is 3.36. The standard InChI is InChI=1S/C12H12Cl2N2OS/c1-17-5-4-15-12-16-11(7-18-12)8-2-3-9(13)10(14)6-8/h2-3,6-7H,4-5H2,1H3,(H,15,16). The zero-order chi connectivity index (χ0) is 13.0. The highest BCUT2D eigenvalue weighted by Crippen LogP contribution is 2.30. The number of thiazole rings is 1. The molecule has 1 aromatic heterocycles. The summed E-state index contributed by atoms with van der Waals surface area (Å²) in [5.41, 5.74) is 1.85. The molecule has 0 fully saturated rings. The van der Waals surface area contributed by atoms with Crippen molar-refractivity contribution in [2.45, 2.75) is 0 Å². The Morgan fingerprint density at radius 2 is 2.17 bits per heavy atom. The van der Waals surface area contributed by atoms with Gasteiger partial charge in [0.05, 0.1) is 22.3 Å². The number of rotatable bonds is 5. The molecule has 0 spiro atoms. The number of nitrogens with one attached hydrogen (secondary N) is 1. The lowest BCUT2D eigenvalue weighted by Crippen LogP contribution is -2.06. The molecule has 6 heteroatoms. The van der Waals surface area contributed by atoms with Crippen LogP contribution in [0.25, 0.3) is 11.3 Å². The van der Waals surface area contributed by atoms with E-state index in [0.717, 1.165) is 22.9 Å². The fourth-order valence-electron chi connectivity index (χ4n) is 1.40. The molecule has 0 saturated carbocycles. The van der Waals surface area contributed by atoms with Crippen molar-refractivity contribution in [1.82, 2.24) is 4.98 Å². The maximum Gasteiger partial charge on any atom is 0.183 e. The molecule has 1 aromatic carbocycles. The minimum atomic E-state index is 0.538. The molecule has 0 aliphatic rings. The SMILES string of the molecule is COCCNc1nc(-c2ccc(Cl)c(Cl)c2)cs1. The van der Waals surface area contributed by atoms with Crippen LogP contribution in [0.5, 0.6) is 0 Å². The van der Waals surface area contributed by atoms with E-state index in [1.54, 1.807) is 24.5 Å². The van der Waals surface area contributed by atoms with E-state index in [4.69, 9.17) is 27.9 Å². The molecule has 1 N–H and O–H groups in total. The summed E-state index contributed by atoms with van der Waals surface area (Å²) in [6.45, 7) is 1.40. The van der Waals surface area contributed by atoms with Crippen LogP contribution in [0.15, 0.2) is 23.6 Å². The number of anilines is 1. The van der Waals surface area contributed by atoms with Gasteiger partial charge >= 0.3 is 0 Å². The summed E-state index contributed by atoms with van der Waals surface area (Å²) in [6, 6.07) is 5.50. The minimum absolute atomic E-state index is 0.538. The van der Waals surface area contributed by atoms with Crippen LogP contribution < -0.4 is 5.32 Å². The Kier molecular flexibility index (Phi) is 4.83. The summed E-state index contributed by atoms with van der Waals surface area (Å²) >= 11 is 13.4. The predicted molar refractivity (Wildman–Crippen MR) is 77.9 cm³/mol. The second-order valence-electron chi connectivity index (χ2n) is 3.59. The van der Waals surface area contributed by atoms with Crippen molar-refractivity contribution in [3.8, 4) is 11.3 Å². The van der Waals surface area contributed by atoms with Crippen LogP contribution in [-0.4, -0.2) is 25.2 Å². The largest absolute Gasteiger partial charge is 0.383 e. The second kappa shape index (κ2) is 6.38. The van der Waals surface area contributed by atoms with Gasteiger partial charge in [0.15, 0.2) is 5.13 Å². The Morgan fingerprint density at radius 1 is 1.33 bits per heavy atom. The van der Waals surface area contributed by atoms with Crippen LogP contribution in [0, 0.1) is 0 Å².